The number of pyridine rings is 1. The van der Waals surface area contributed by atoms with Crippen molar-refractivity contribution in [2.24, 2.45) is 0 Å². The summed E-state index contributed by atoms with van der Waals surface area (Å²) in [6.07, 6.45) is 3.55. The summed E-state index contributed by atoms with van der Waals surface area (Å²) in [5.41, 5.74) is 4.65. The van der Waals surface area contributed by atoms with Gasteiger partial charge in [0.15, 0.2) is 5.65 Å². The zero-order chi connectivity index (χ0) is 19.3. The number of benzene rings is 1. The molecule has 1 aromatic carbocycles. The lowest BCUT2D eigenvalue weighted by Gasteiger charge is -2.11. The first-order chi connectivity index (χ1) is 13.7. The van der Waals surface area contributed by atoms with E-state index in [2.05, 4.69) is 25.6 Å². The second-order valence-corrected chi connectivity index (χ2v) is 6.16. The maximum atomic E-state index is 13.1. The molecule has 1 aliphatic rings. The molecule has 3 aromatic heterocycles. The van der Waals surface area contributed by atoms with Gasteiger partial charge in [0.25, 0.3) is 11.8 Å². The van der Waals surface area contributed by atoms with Crippen LogP contribution in [-0.2, 0) is 14.4 Å². The van der Waals surface area contributed by atoms with Crippen LogP contribution >= 0.6 is 0 Å². The second-order valence-electron chi connectivity index (χ2n) is 6.16. The van der Waals surface area contributed by atoms with Crippen LogP contribution in [0.1, 0.15) is 11.3 Å². The molecule has 0 radical (unpaired) electrons. The molecule has 0 aliphatic carbocycles. The molecule has 28 heavy (non-hydrogen) atoms. The Morgan fingerprint density at radius 2 is 1.79 bits per heavy atom. The van der Waals surface area contributed by atoms with Gasteiger partial charge in [-0.25, -0.2) is 4.98 Å². The molecule has 0 saturated heterocycles. The van der Waals surface area contributed by atoms with E-state index in [1.165, 1.54) is 0 Å². The van der Waals surface area contributed by atoms with Crippen molar-refractivity contribution in [3.8, 4) is 0 Å². The molecule has 3 N–H and O–H groups in total. The predicted octanol–water partition coefficient (Wildman–Crippen LogP) is 1.38. The van der Waals surface area contributed by atoms with Gasteiger partial charge >= 0.3 is 0 Å². The maximum Gasteiger partial charge on any atom is 0.282 e. The van der Waals surface area contributed by atoms with E-state index in [4.69, 9.17) is 0 Å². The number of para-hydroxylation sites is 1. The van der Waals surface area contributed by atoms with Crippen LogP contribution in [0, 0.1) is 0 Å². The predicted molar refractivity (Wildman–Crippen MR) is 100 cm³/mol. The van der Waals surface area contributed by atoms with Crippen LogP contribution in [0.5, 0.6) is 0 Å². The molecule has 136 valence electrons. The SMILES string of the molecule is O=CNN1C(=O)C(c2[nH]nc3ncccc23)=C(c2c[nH]c3ccccc23)C1=O. The van der Waals surface area contributed by atoms with Crippen molar-refractivity contribution >= 4 is 51.3 Å². The molecule has 4 aromatic rings. The number of H-pyrrole nitrogens is 2. The first kappa shape index (κ1) is 15.9. The summed E-state index contributed by atoms with van der Waals surface area (Å²) in [4.78, 5) is 44.3. The number of nitrogens with one attached hydrogen (secondary N) is 3. The Balaban J connectivity index is 1.83. The second kappa shape index (κ2) is 5.88. The average molecular weight is 372 g/mol. The van der Waals surface area contributed by atoms with E-state index in [-0.39, 0.29) is 17.6 Å². The third kappa shape index (κ3) is 2.10. The lowest BCUT2D eigenvalue weighted by atomic mass is 9.98. The first-order valence-corrected chi connectivity index (χ1v) is 8.39. The number of imide groups is 1. The minimum absolute atomic E-state index is 0.125. The van der Waals surface area contributed by atoms with Gasteiger partial charge in [-0.05, 0) is 18.2 Å². The number of fused-ring (bicyclic) bond motifs is 2. The zero-order valence-corrected chi connectivity index (χ0v) is 14.3. The summed E-state index contributed by atoms with van der Waals surface area (Å²) in [7, 11) is 0. The smallest absolute Gasteiger partial charge is 0.282 e. The number of aromatic amines is 2. The van der Waals surface area contributed by atoms with Crippen molar-refractivity contribution < 1.29 is 14.4 Å². The third-order valence-corrected chi connectivity index (χ3v) is 4.70. The molecule has 5 rings (SSSR count). The monoisotopic (exact) mass is 372 g/mol. The summed E-state index contributed by atoms with van der Waals surface area (Å²) in [5.74, 6) is -1.27. The van der Waals surface area contributed by atoms with Gasteiger partial charge < -0.3 is 4.98 Å². The van der Waals surface area contributed by atoms with Gasteiger partial charge in [-0.15, -0.1) is 0 Å². The molecule has 9 nitrogen and oxygen atoms in total. The Kier molecular flexibility index (Phi) is 3.35. The van der Waals surface area contributed by atoms with Crippen molar-refractivity contribution in [2.45, 2.75) is 0 Å². The molecule has 0 fully saturated rings. The van der Waals surface area contributed by atoms with Crippen molar-refractivity contribution in [3.05, 3.63) is 60.0 Å². The van der Waals surface area contributed by atoms with Crippen LogP contribution in [-0.4, -0.2) is 43.4 Å². The van der Waals surface area contributed by atoms with Crippen molar-refractivity contribution in [1.29, 1.82) is 0 Å². The minimum Gasteiger partial charge on any atom is -0.361 e. The van der Waals surface area contributed by atoms with E-state index in [1.54, 1.807) is 24.5 Å². The van der Waals surface area contributed by atoms with Gasteiger partial charge in [0, 0.05) is 34.2 Å². The van der Waals surface area contributed by atoms with Crippen molar-refractivity contribution in [3.63, 3.8) is 0 Å². The molecule has 4 heterocycles. The largest absolute Gasteiger partial charge is 0.361 e. The number of hydrogen-bond donors (Lipinski definition) is 3. The molecular formula is C19H12N6O3. The fourth-order valence-corrected chi connectivity index (χ4v) is 3.50. The first-order valence-electron chi connectivity index (χ1n) is 8.39. The maximum absolute atomic E-state index is 13.1. The van der Waals surface area contributed by atoms with E-state index in [0.717, 1.165) is 10.9 Å². The van der Waals surface area contributed by atoms with Gasteiger partial charge in [0.2, 0.25) is 6.41 Å². The highest BCUT2D eigenvalue weighted by Gasteiger charge is 2.42. The highest BCUT2D eigenvalue weighted by Crippen LogP contribution is 2.38. The van der Waals surface area contributed by atoms with E-state index in [9.17, 15) is 14.4 Å². The Bertz CT molecular complexity index is 1220. The molecule has 9 heteroatoms. The fraction of sp³-hybridized carbons (Fsp3) is 0. The van der Waals surface area contributed by atoms with E-state index >= 15 is 0 Å². The zero-order valence-electron chi connectivity index (χ0n) is 14.3. The highest BCUT2D eigenvalue weighted by atomic mass is 16.2. The van der Waals surface area contributed by atoms with Gasteiger partial charge in [-0.3, -0.25) is 24.9 Å². The fourth-order valence-electron chi connectivity index (χ4n) is 3.50. The molecule has 0 unspecified atom stereocenters. The van der Waals surface area contributed by atoms with Gasteiger partial charge in [0.1, 0.15) is 0 Å². The number of aromatic nitrogens is 4. The standard InChI is InChI=1S/C19H12N6O3/c26-9-22-25-18(27)14(12-8-21-13-6-2-1-4-10(12)13)15(19(25)28)16-11-5-3-7-20-17(11)24-23-16/h1-9,21H,(H,22,26)(H,20,23,24). The number of nitrogens with zero attached hydrogens (tertiary/aromatic N) is 3. The van der Waals surface area contributed by atoms with Crippen LogP contribution in [0.15, 0.2) is 48.8 Å². The lowest BCUT2D eigenvalue weighted by Crippen LogP contribution is -2.42. The number of carbonyl (C=O) groups excluding carboxylic acids is 3. The minimum atomic E-state index is -0.646. The molecule has 0 saturated carbocycles. The summed E-state index contributed by atoms with van der Waals surface area (Å²) in [6, 6.07) is 10.9. The van der Waals surface area contributed by atoms with Crippen LogP contribution < -0.4 is 5.43 Å². The third-order valence-electron chi connectivity index (χ3n) is 4.70. The summed E-state index contributed by atoms with van der Waals surface area (Å²) < 4.78 is 0. The van der Waals surface area contributed by atoms with Crippen LogP contribution in [0.25, 0.3) is 33.1 Å². The van der Waals surface area contributed by atoms with Crippen LogP contribution in [0.3, 0.4) is 0 Å². The average Bonchev–Trinajstić information content (AvgIpc) is 3.39. The van der Waals surface area contributed by atoms with Crippen molar-refractivity contribution in [1.82, 2.24) is 30.6 Å². The Hall–Kier alpha value is -4.27. The van der Waals surface area contributed by atoms with Gasteiger partial charge in [-0.1, -0.05) is 18.2 Å². The van der Waals surface area contributed by atoms with Crippen LogP contribution in [0.2, 0.25) is 0 Å². The van der Waals surface area contributed by atoms with E-state index < -0.39 is 11.8 Å². The number of rotatable bonds is 4. The summed E-state index contributed by atoms with van der Waals surface area (Å²) in [6.45, 7) is 0. The van der Waals surface area contributed by atoms with Crippen molar-refractivity contribution in [2.75, 3.05) is 0 Å². The Morgan fingerprint density at radius 3 is 2.64 bits per heavy atom. The Morgan fingerprint density at radius 1 is 1.00 bits per heavy atom. The van der Waals surface area contributed by atoms with E-state index in [1.807, 2.05) is 24.3 Å². The molecule has 3 amide bonds. The molecular weight excluding hydrogens is 360 g/mol. The molecule has 1 aliphatic heterocycles. The number of hydrazine groups is 1. The normalized spacial score (nSPS) is 14.5. The number of hydrogen-bond acceptors (Lipinski definition) is 5. The van der Waals surface area contributed by atoms with E-state index in [0.29, 0.717) is 27.3 Å². The number of amides is 3. The van der Waals surface area contributed by atoms with Gasteiger partial charge in [0.05, 0.1) is 16.8 Å². The topological polar surface area (TPSA) is 124 Å². The quantitative estimate of drug-likeness (QED) is 0.369. The number of carbonyl (C=O) groups is 3. The van der Waals surface area contributed by atoms with Crippen LogP contribution in [0.4, 0.5) is 0 Å². The summed E-state index contributed by atoms with van der Waals surface area (Å²) in [5, 5.41) is 9.02. The lowest BCUT2D eigenvalue weighted by molar-refractivity contribution is -0.142. The molecule has 0 atom stereocenters. The highest BCUT2D eigenvalue weighted by molar-refractivity contribution is 6.50. The molecule has 0 spiro atoms. The molecule has 0 bridgehead atoms. The summed E-state index contributed by atoms with van der Waals surface area (Å²) >= 11 is 0. The van der Waals surface area contributed by atoms with Gasteiger partial charge in [-0.2, -0.15) is 10.1 Å². The Labute approximate surface area is 157 Å².